The molecule has 0 N–H and O–H groups in total. The van der Waals surface area contributed by atoms with Gasteiger partial charge in [-0.1, -0.05) is 60.1 Å². The van der Waals surface area contributed by atoms with Crippen LogP contribution in [0.4, 0.5) is 0 Å². The number of esters is 2. The van der Waals surface area contributed by atoms with E-state index in [1.807, 2.05) is 44.2 Å². The van der Waals surface area contributed by atoms with Gasteiger partial charge in [-0.25, -0.2) is 4.79 Å². The van der Waals surface area contributed by atoms with Crippen molar-refractivity contribution in [2.24, 2.45) is 5.41 Å². The van der Waals surface area contributed by atoms with Crippen molar-refractivity contribution in [1.82, 2.24) is 0 Å². The highest BCUT2D eigenvalue weighted by Gasteiger charge is 2.47. The van der Waals surface area contributed by atoms with E-state index in [0.29, 0.717) is 6.42 Å². The van der Waals surface area contributed by atoms with Crippen LogP contribution in [0.5, 0.6) is 0 Å². The number of cyclic esters (lactones) is 1. The van der Waals surface area contributed by atoms with Gasteiger partial charge in [0.15, 0.2) is 0 Å². The molecule has 0 radical (unpaired) electrons. The molecule has 1 aliphatic rings. The summed E-state index contributed by atoms with van der Waals surface area (Å²) < 4.78 is 10.3. The highest BCUT2D eigenvalue weighted by molar-refractivity contribution is 9.10. The fraction of sp³-hybridized carbons (Fsp3) is 0.467. The number of carbonyl (C=O) groups is 2. The van der Waals surface area contributed by atoms with Crippen molar-refractivity contribution >= 4 is 27.9 Å². The van der Waals surface area contributed by atoms with E-state index in [9.17, 15) is 9.59 Å². The van der Waals surface area contributed by atoms with Gasteiger partial charge >= 0.3 is 11.9 Å². The van der Waals surface area contributed by atoms with Crippen LogP contribution >= 0.6 is 15.9 Å². The van der Waals surface area contributed by atoms with Crippen LogP contribution in [0.1, 0.15) is 19.4 Å². The van der Waals surface area contributed by atoms with E-state index < -0.39 is 28.3 Å². The van der Waals surface area contributed by atoms with Crippen molar-refractivity contribution in [3.05, 3.63) is 35.9 Å². The zero-order valence-electron chi connectivity index (χ0n) is 11.5. The van der Waals surface area contributed by atoms with Crippen LogP contribution in [0.3, 0.4) is 0 Å². The molecule has 0 aromatic heterocycles. The first-order valence-corrected chi connectivity index (χ1v) is 7.37. The molecule has 0 amide bonds. The van der Waals surface area contributed by atoms with E-state index >= 15 is 0 Å². The van der Waals surface area contributed by atoms with E-state index in [1.165, 1.54) is 0 Å². The Labute approximate surface area is 126 Å². The van der Waals surface area contributed by atoms with Gasteiger partial charge in [-0.2, -0.15) is 0 Å². The Morgan fingerprint density at radius 2 is 2.10 bits per heavy atom. The van der Waals surface area contributed by atoms with E-state index in [0.717, 1.165) is 5.56 Å². The summed E-state index contributed by atoms with van der Waals surface area (Å²) in [5.74, 6) is -0.909. The Morgan fingerprint density at radius 3 is 2.65 bits per heavy atom. The topological polar surface area (TPSA) is 52.6 Å². The van der Waals surface area contributed by atoms with E-state index in [2.05, 4.69) is 15.9 Å². The van der Waals surface area contributed by atoms with Crippen LogP contribution < -0.4 is 0 Å². The third-order valence-corrected chi connectivity index (χ3v) is 3.96. The van der Waals surface area contributed by atoms with Crippen LogP contribution in [0, 0.1) is 5.41 Å². The molecular weight excluding hydrogens is 324 g/mol. The maximum Gasteiger partial charge on any atom is 0.348 e. The van der Waals surface area contributed by atoms with Crippen LogP contribution in [0.15, 0.2) is 30.3 Å². The van der Waals surface area contributed by atoms with Crippen LogP contribution in [0.25, 0.3) is 0 Å². The van der Waals surface area contributed by atoms with Crippen molar-refractivity contribution in [1.29, 1.82) is 0 Å². The number of alkyl halides is 1. The summed E-state index contributed by atoms with van der Waals surface area (Å²) in [6.07, 6.45) is -0.312. The van der Waals surface area contributed by atoms with Gasteiger partial charge in [0.05, 0.1) is 0 Å². The summed E-state index contributed by atoms with van der Waals surface area (Å²) in [6.45, 7) is 3.96. The third-order valence-electron chi connectivity index (χ3n) is 3.26. The summed E-state index contributed by atoms with van der Waals surface area (Å²) >= 11 is 3.32. The third kappa shape index (κ3) is 3.39. The molecule has 0 bridgehead atoms. The lowest BCUT2D eigenvalue weighted by atomic mass is 9.90. The van der Waals surface area contributed by atoms with E-state index in [-0.39, 0.29) is 6.61 Å². The standard InChI is InChI=1S/C15H17BrO4/c1-15(2)9-19-14(18)12(15)20-13(17)11(16)8-10-6-4-3-5-7-10/h3-7,11-12H,8-9H2,1-2H3/t11?,12-/m0/s1. The van der Waals surface area contributed by atoms with Gasteiger partial charge in [0.1, 0.15) is 11.4 Å². The predicted molar refractivity (Wildman–Crippen MR) is 77.5 cm³/mol. The lowest BCUT2D eigenvalue weighted by Crippen LogP contribution is -2.37. The van der Waals surface area contributed by atoms with Gasteiger partial charge in [-0.3, -0.25) is 4.79 Å². The Balaban J connectivity index is 1.96. The number of hydrogen-bond donors (Lipinski definition) is 0. The highest BCUT2D eigenvalue weighted by Crippen LogP contribution is 2.31. The Morgan fingerprint density at radius 1 is 1.45 bits per heavy atom. The highest BCUT2D eigenvalue weighted by atomic mass is 79.9. The fourth-order valence-electron chi connectivity index (χ4n) is 2.03. The second-order valence-corrected chi connectivity index (χ2v) is 6.68. The summed E-state index contributed by atoms with van der Waals surface area (Å²) in [7, 11) is 0. The lowest BCUT2D eigenvalue weighted by molar-refractivity contribution is -0.162. The minimum atomic E-state index is -0.828. The van der Waals surface area contributed by atoms with Crippen molar-refractivity contribution in [2.45, 2.75) is 31.2 Å². The van der Waals surface area contributed by atoms with Crippen LogP contribution in [-0.4, -0.2) is 29.5 Å². The molecule has 2 atom stereocenters. The van der Waals surface area contributed by atoms with Gasteiger partial charge < -0.3 is 9.47 Å². The monoisotopic (exact) mass is 340 g/mol. The molecule has 1 aromatic rings. The molecular formula is C15H17BrO4. The molecule has 1 fully saturated rings. The SMILES string of the molecule is CC1(C)COC(=O)[C@@H]1OC(=O)C(Br)Cc1ccccc1. The summed E-state index contributed by atoms with van der Waals surface area (Å²) in [5.41, 5.74) is 0.547. The minimum Gasteiger partial charge on any atom is -0.462 e. The zero-order chi connectivity index (χ0) is 14.8. The van der Waals surface area contributed by atoms with Crippen molar-refractivity contribution < 1.29 is 19.1 Å². The molecule has 1 unspecified atom stereocenters. The first-order valence-electron chi connectivity index (χ1n) is 6.45. The molecule has 2 rings (SSSR count). The molecule has 0 aliphatic carbocycles. The summed E-state index contributed by atoms with van der Waals surface area (Å²) in [6, 6.07) is 9.63. The number of benzene rings is 1. The Kier molecular flexibility index (Phi) is 4.48. The molecule has 1 aliphatic heterocycles. The average molecular weight is 341 g/mol. The van der Waals surface area contributed by atoms with Crippen LogP contribution in [-0.2, 0) is 25.5 Å². The van der Waals surface area contributed by atoms with Crippen molar-refractivity contribution in [3.63, 3.8) is 0 Å². The van der Waals surface area contributed by atoms with Crippen LogP contribution in [0.2, 0.25) is 0 Å². The minimum absolute atomic E-state index is 0.273. The molecule has 20 heavy (non-hydrogen) atoms. The maximum atomic E-state index is 12.1. The van der Waals surface area contributed by atoms with E-state index in [1.54, 1.807) is 0 Å². The smallest absolute Gasteiger partial charge is 0.348 e. The first kappa shape index (κ1) is 15.0. The average Bonchev–Trinajstić information content (AvgIpc) is 2.66. The molecule has 1 aromatic carbocycles. The Hall–Kier alpha value is -1.36. The quantitative estimate of drug-likeness (QED) is 0.624. The molecule has 0 spiro atoms. The summed E-state index contributed by atoms with van der Waals surface area (Å²) in [5, 5.41) is 0. The first-order chi connectivity index (χ1) is 9.40. The Bertz CT molecular complexity index is 498. The number of rotatable bonds is 4. The van der Waals surface area contributed by atoms with Gasteiger partial charge in [-0.15, -0.1) is 0 Å². The predicted octanol–water partition coefficient (Wildman–Crippen LogP) is 2.49. The maximum absolute atomic E-state index is 12.1. The number of halogens is 1. The summed E-state index contributed by atoms with van der Waals surface area (Å²) in [4.78, 5) is 23.2. The zero-order valence-corrected chi connectivity index (χ0v) is 13.1. The van der Waals surface area contributed by atoms with Gasteiger partial charge in [-0.05, 0) is 12.0 Å². The molecule has 1 saturated heterocycles. The van der Waals surface area contributed by atoms with Crippen molar-refractivity contribution in [3.8, 4) is 0 Å². The van der Waals surface area contributed by atoms with Gasteiger partial charge in [0, 0.05) is 5.41 Å². The van der Waals surface area contributed by atoms with Crippen molar-refractivity contribution in [2.75, 3.05) is 6.61 Å². The molecule has 5 heteroatoms. The molecule has 4 nitrogen and oxygen atoms in total. The fourth-order valence-corrected chi connectivity index (χ4v) is 2.51. The number of carbonyl (C=O) groups excluding carboxylic acids is 2. The van der Waals surface area contributed by atoms with E-state index in [4.69, 9.17) is 9.47 Å². The molecule has 1 heterocycles. The second kappa shape index (κ2) is 5.95. The number of hydrogen-bond acceptors (Lipinski definition) is 4. The van der Waals surface area contributed by atoms with Gasteiger partial charge in [0.2, 0.25) is 6.10 Å². The number of ether oxygens (including phenoxy) is 2. The second-order valence-electron chi connectivity index (χ2n) is 5.57. The largest absolute Gasteiger partial charge is 0.462 e. The van der Waals surface area contributed by atoms with Gasteiger partial charge in [0.25, 0.3) is 0 Å². The lowest BCUT2D eigenvalue weighted by Gasteiger charge is -2.22. The molecule has 0 saturated carbocycles. The molecule has 108 valence electrons. The normalized spacial score (nSPS) is 22.1.